The topological polar surface area (TPSA) is 3.24 Å². The van der Waals surface area contributed by atoms with Crippen molar-refractivity contribution in [2.75, 3.05) is 4.90 Å². The van der Waals surface area contributed by atoms with Gasteiger partial charge in [0.1, 0.15) is 0 Å². The molecule has 158 valence electrons. The van der Waals surface area contributed by atoms with E-state index >= 15 is 0 Å². The lowest BCUT2D eigenvalue weighted by atomic mass is 9.64. The summed E-state index contributed by atoms with van der Waals surface area (Å²) in [6.45, 7) is 6.22. The van der Waals surface area contributed by atoms with Gasteiger partial charge in [-0.25, -0.2) is 0 Å². The van der Waals surface area contributed by atoms with Gasteiger partial charge in [-0.2, -0.15) is 0 Å². The van der Waals surface area contributed by atoms with Crippen molar-refractivity contribution in [3.63, 3.8) is 0 Å². The SMILES string of the molecule is C=C/C=C\C1=C(C)C2(c3ccccc3)c3ccccc3N(c3ccccc3)c3cccc1c32. The Bertz CT molecular complexity index is 1430. The molecule has 1 atom stereocenters. The first-order valence-corrected chi connectivity index (χ1v) is 11.4. The Labute approximate surface area is 195 Å². The lowest BCUT2D eigenvalue weighted by Crippen LogP contribution is -2.36. The standard InChI is InChI=1S/C32H25N/c1-3-4-18-26-23(2)32(24-14-7-5-8-15-24)28-20-11-12-21-29(28)33(25-16-9-6-10-17-25)30-22-13-19-27(26)31(30)32/h3-22H,1H2,2H3/b18-4-. The third-order valence-corrected chi connectivity index (χ3v) is 7.08. The molecule has 0 spiro atoms. The lowest BCUT2D eigenvalue weighted by Gasteiger charge is -2.45. The molecule has 6 rings (SSSR count). The number of allylic oxidation sites excluding steroid dienone is 5. The van der Waals surface area contributed by atoms with Gasteiger partial charge in [0.15, 0.2) is 0 Å². The minimum atomic E-state index is -0.337. The van der Waals surface area contributed by atoms with Crippen LogP contribution in [0.5, 0.6) is 0 Å². The van der Waals surface area contributed by atoms with E-state index in [0.29, 0.717) is 0 Å². The Morgan fingerprint density at radius 1 is 0.727 bits per heavy atom. The van der Waals surface area contributed by atoms with Crippen molar-refractivity contribution in [2.24, 2.45) is 0 Å². The van der Waals surface area contributed by atoms with Crippen molar-refractivity contribution in [3.8, 4) is 0 Å². The first-order valence-electron chi connectivity index (χ1n) is 11.4. The largest absolute Gasteiger partial charge is 0.310 e. The second-order valence-electron chi connectivity index (χ2n) is 8.64. The highest BCUT2D eigenvalue weighted by Crippen LogP contribution is 2.63. The lowest BCUT2D eigenvalue weighted by molar-refractivity contribution is 0.730. The molecular formula is C32H25N. The van der Waals surface area contributed by atoms with Gasteiger partial charge in [0, 0.05) is 11.3 Å². The number of hydrogen-bond donors (Lipinski definition) is 0. The Morgan fingerprint density at radius 3 is 2.15 bits per heavy atom. The molecule has 0 bridgehead atoms. The Balaban J connectivity index is 1.80. The fourth-order valence-corrected chi connectivity index (χ4v) is 5.83. The van der Waals surface area contributed by atoms with Crippen molar-refractivity contribution in [2.45, 2.75) is 12.3 Å². The summed E-state index contributed by atoms with van der Waals surface area (Å²) in [6.07, 6.45) is 6.13. The van der Waals surface area contributed by atoms with Crippen LogP contribution in [0.1, 0.15) is 29.2 Å². The zero-order valence-electron chi connectivity index (χ0n) is 18.7. The third kappa shape index (κ3) is 2.60. The first-order chi connectivity index (χ1) is 16.3. The van der Waals surface area contributed by atoms with Crippen LogP contribution in [0.25, 0.3) is 5.57 Å². The number of hydrogen-bond acceptors (Lipinski definition) is 1. The van der Waals surface area contributed by atoms with Gasteiger partial charge in [-0.15, -0.1) is 0 Å². The molecule has 4 aromatic carbocycles. The molecule has 1 nitrogen and oxygen atoms in total. The third-order valence-electron chi connectivity index (χ3n) is 7.08. The second kappa shape index (κ2) is 7.50. The van der Waals surface area contributed by atoms with Crippen LogP contribution < -0.4 is 4.90 Å². The molecule has 0 fully saturated rings. The summed E-state index contributed by atoms with van der Waals surface area (Å²) in [5.74, 6) is 0. The fourth-order valence-electron chi connectivity index (χ4n) is 5.83. The van der Waals surface area contributed by atoms with Crippen LogP contribution in [0.2, 0.25) is 0 Å². The molecule has 1 aliphatic heterocycles. The fraction of sp³-hybridized carbons (Fsp3) is 0.0625. The molecule has 1 unspecified atom stereocenters. The van der Waals surface area contributed by atoms with Crippen molar-refractivity contribution in [1.29, 1.82) is 0 Å². The van der Waals surface area contributed by atoms with E-state index in [1.54, 1.807) is 0 Å². The molecule has 1 heterocycles. The number of para-hydroxylation sites is 2. The van der Waals surface area contributed by atoms with Gasteiger partial charge in [-0.05, 0) is 59.0 Å². The first kappa shape index (κ1) is 19.6. The van der Waals surface area contributed by atoms with E-state index in [-0.39, 0.29) is 5.41 Å². The molecule has 0 N–H and O–H groups in total. The quantitative estimate of drug-likeness (QED) is 0.298. The molecule has 4 aromatic rings. The summed E-state index contributed by atoms with van der Waals surface area (Å²) in [6, 6.07) is 37.3. The highest BCUT2D eigenvalue weighted by molar-refractivity contribution is 5.99. The summed E-state index contributed by atoms with van der Waals surface area (Å²) >= 11 is 0. The molecule has 0 aromatic heterocycles. The van der Waals surface area contributed by atoms with Gasteiger partial charge >= 0.3 is 0 Å². The van der Waals surface area contributed by atoms with E-state index in [0.717, 1.165) is 0 Å². The van der Waals surface area contributed by atoms with Gasteiger partial charge in [0.2, 0.25) is 0 Å². The summed E-state index contributed by atoms with van der Waals surface area (Å²) in [5.41, 5.74) is 11.2. The van der Waals surface area contributed by atoms with Crippen LogP contribution in [0.4, 0.5) is 17.1 Å². The van der Waals surface area contributed by atoms with E-state index in [9.17, 15) is 0 Å². The summed E-state index contributed by atoms with van der Waals surface area (Å²) < 4.78 is 0. The summed E-state index contributed by atoms with van der Waals surface area (Å²) in [7, 11) is 0. The van der Waals surface area contributed by atoms with E-state index in [4.69, 9.17) is 0 Å². The van der Waals surface area contributed by atoms with Gasteiger partial charge < -0.3 is 4.90 Å². The van der Waals surface area contributed by atoms with Crippen LogP contribution in [-0.2, 0) is 5.41 Å². The monoisotopic (exact) mass is 423 g/mol. The van der Waals surface area contributed by atoms with Crippen LogP contribution in [0, 0.1) is 0 Å². The zero-order valence-corrected chi connectivity index (χ0v) is 18.7. The predicted octanol–water partition coefficient (Wildman–Crippen LogP) is 8.33. The maximum absolute atomic E-state index is 3.92. The number of benzene rings is 4. The van der Waals surface area contributed by atoms with E-state index < -0.39 is 0 Å². The molecule has 0 saturated heterocycles. The summed E-state index contributed by atoms with van der Waals surface area (Å²) in [5, 5.41) is 0. The van der Waals surface area contributed by atoms with Crippen molar-refractivity contribution >= 4 is 22.6 Å². The van der Waals surface area contributed by atoms with E-state index in [1.807, 2.05) is 6.08 Å². The second-order valence-corrected chi connectivity index (χ2v) is 8.64. The van der Waals surface area contributed by atoms with Gasteiger partial charge in [0.05, 0.1) is 16.8 Å². The average Bonchev–Trinajstić information content (AvgIpc) is 3.14. The van der Waals surface area contributed by atoms with Gasteiger partial charge in [0.25, 0.3) is 0 Å². The maximum Gasteiger partial charge on any atom is 0.0714 e. The van der Waals surface area contributed by atoms with Crippen LogP contribution >= 0.6 is 0 Å². The van der Waals surface area contributed by atoms with Crippen molar-refractivity contribution < 1.29 is 0 Å². The van der Waals surface area contributed by atoms with E-state index in [2.05, 4.69) is 134 Å². The van der Waals surface area contributed by atoms with Crippen molar-refractivity contribution in [1.82, 2.24) is 0 Å². The van der Waals surface area contributed by atoms with Crippen LogP contribution in [0.15, 0.2) is 134 Å². The molecule has 33 heavy (non-hydrogen) atoms. The molecular weight excluding hydrogens is 398 g/mol. The smallest absolute Gasteiger partial charge is 0.0714 e. The summed E-state index contributed by atoms with van der Waals surface area (Å²) in [4.78, 5) is 2.42. The molecule has 1 heteroatoms. The van der Waals surface area contributed by atoms with E-state index in [1.165, 1.54) is 50.5 Å². The van der Waals surface area contributed by atoms with Crippen LogP contribution in [0.3, 0.4) is 0 Å². The number of rotatable bonds is 4. The average molecular weight is 424 g/mol. The molecule has 2 aliphatic rings. The highest BCUT2D eigenvalue weighted by atomic mass is 15.2. The Morgan fingerprint density at radius 2 is 1.39 bits per heavy atom. The minimum Gasteiger partial charge on any atom is -0.310 e. The Hall–Kier alpha value is -4.10. The minimum absolute atomic E-state index is 0.337. The van der Waals surface area contributed by atoms with Crippen LogP contribution in [-0.4, -0.2) is 0 Å². The molecule has 0 saturated carbocycles. The molecule has 0 radical (unpaired) electrons. The van der Waals surface area contributed by atoms with Crippen molar-refractivity contribution in [3.05, 3.63) is 156 Å². The predicted molar refractivity (Wildman–Crippen MR) is 139 cm³/mol. The highest BCUT2D eigenvalue weighted by Gasteiger charge is 2.51. The van der Waals surface area contributed by atoms with Gasteiger partial charge in [-0.1, -0.05) is 104 Å². The maximum atomic E-state index is 3.92. The number of nitrogens with zero attached hydrogens (tertiary/aromatic N) is 1. The van der Waals surface area contributed by atoms with Gasteiger partial charge in [-0.3, -0.25) is 0 Å². The molecule has 1 aliphatic carbocycles. The Kier molecular flexibility index (Phi) is 4.45. The number of anilines is 3. The molecule has 0 amide bonds. The normalized spacial score (nSPS) is 18.4. The number of fused-ring (bicyclic) bond motifs is 2. The zero-order chi connectivity index (χ0) is 22.4.